The second kappa shape index (κ2) is 7.52. The molecule has 0 saturated heterocycles. The van der Waals surface area contributed by atoms with Crippen LogP contribution in [0.5, 0.6) is 0 Å². The number of anilines is 1. The van der Waals surface area contributed by atoms with E-state index in [0.717, 1.165) is 16.7 Å². The lowest BCUT2D eigenvalue weighted by Gasteiger charge is -2.08. The van der Waals surface area contributed by atoms with E-state index in [1.54, 1.807) is 30.0 Å². The molecule has 0 aliphatic carbocycles. The predicted octanol–water partition coefficient (Wildman–Crippen LogP) is 3.14. The number of ether oxygens (including phenoxy) is 1. The highest BCUT2D eigenvalue weighted by Crippen LogP contribution is 2.16. The largest absolute Gasteiger partial charge is 0.457 e. The van der Waals surface area contributed by atoms with Gasteiger partial charge in [-0.25, -0.2) is 13.2 Å². The monoisotopic (exact) mass is 351 g/mol. The fraction of sp³-hybridized carbons (Fsp3) is 0.188. The van der Waals surface area contributed by atoms with Crippen LogP contribution in [0.4, 0.5) is 5.69 Å². The normalized spacial score (nSPS) is 11.0. The number of hydrogen-bond donors (Lipinski definition) is 1. The molecule has 122 valence electrons. The van der Waals surface area contributed by atoms with E-state index in [9.17, 15) is 13.2 Å². The molecule has 0 amide bonds. The van der Waals surface area contributed by atoms with E-state index < -0.39 is 16.0 Å². The Morgan fingerprint density at radius 2 is 1.87 bits per heavy atom. The molecular formula is C16H17NO4S2. The molecule has 0 atom stereocenters. The van der Waals surface area contributed by atoms with E-state index in [4.69, 9.17) is 4.74 Å². The van der Waals surface area contributed by atoms with Gasteiger partial charge in [-0.2, -0.15) is 0 Å². The van der Waals surface area contributed by atoms with Crippen molar-refractivity contribution in [1.29, 1.82) is 0 Å². The number of carbonyl (C=O) groups excluding carboxylic acids is 1. The highest BCUT2D eigenvalue weighted by molar-refractivity contribution is 7.98. The van der Waals surface area contributed by atoms with Gasteiger partial charge in [-0.3, -0.25) is 4.72 Å². The first kappa shape index (κ1) is 17.4. The molecule has 2 aromatic carbocycles. The van der Waals surface area contributed by atoms with Gasteiger partial charge < -0.3 is 4.74 Å². The summed E-state index contributed by atoms with van der Waals surface area (Å²) in [4.78, 5) is 13.2. The zero-order chi connectivity index (χ0) is 16.9. The first-order valence-corrected chi connectivity index (χ1v) is 9.87. The quantitative estimate of drug-likeness (QED) is 0.639. The number of thioether (sulfide) groups is 1. The summed E-state index contributed by atoms with van der Waals surface area (Å²) in [5.74, 6) is -0.504. The van der Waals surface area contributed by atoms with Crippen LogP contribution in [0.1, 0.15) is 15.9 Å². The maximum atomic E-state index is 12.1. The fourth-order valence-electron chi connectivity index (χ4n) is 1.88. The number of sulfonamides is 1. The van der Waals surface area contributed by atoms with Crippen molar-refractivity contribution in [2.75, 3.05) is 17.2 Å². The zero-order valence-electron chi connectivity index (χ0n) is 12.8. The standard InChI is InChI=1S/C16H17NO4S2/c1-22-15-8-6-12(7-9-15)11-21-16(18)13-4-3-5-14(10-13)17-23(2,19)20/h3-10,17H,11H2,1-2H3. The molecule has 23 heavy (non-hydrogen) atoms. The molecule has 7 heteroatoms. The maximum absolute atomic E-state index is 12.1. The number of carbonyl (C=O) groups is 1. The van der Waals surface area contributed by atoms with Crippen LogP contribution in [0, 0.1) is 0 Å². The third-order valence-corrected chi connectivity index (χ3v) is 4.28. The summed E-state index contributed by atoms with van der Waals surface area (Å²) in [7, 11) is -3.39. The van der Waals surface area contributed by atoms with E-state index in [1.165, 1.54) is 6.07 Å². The third-order valence-electron chi connectivity index (χ3n) is 2.93. The minimum absolute atomic E-state index is 0.164. The van der Waals surface area contributed by atoms with Gasteiger partial charge in [0.2, 0.25) is 10.0 Å². The van der Waals surface area contributed by atoms with Crippen molar-refractivity contribution in [2.24, 2.45) is 0 Å². The Kier molecular flexibility index (Phi) is 5.68. The van der Waals surface area contributed by atoms with Crippen molar-refractivity contribution in [3.63, 3.8) is 0 Å². The van der Waals surface area contributed by atoms with Gasteiger partial charge in [0.1, 0.15) is 6.61 Å². The van der Waals surface area contributed by atoms with Gasteiger partial charge in [-0.1, -0.05) is 18.2 Å². The molecule has 2 aromatic rings. The number of rotatable bonds is 6. The Morgan fingerprint density at radius 3 is 2.48 bits per heavy atom. The Hall–Kier alpha value is -1.99. The second-order valence-corrected chi connectivity index (χ2v) is 7.51. The van der Waals surface area contributed by atoms with Crippen molar-refractivity contribution < 1.29 is 17.9 Å². The molecule has 0 heterocycles. The number of benzene rings is 2. The maximum Gasteiger partial charge on any atom is 0.338 e. The minimum Gasteiger partial charge on any atom is -0.457 e. The van der Waals surface area contributed by atoms with E-state index in [-0.39, 0.29) is 6.61 Å². The number of esters is 1. The number of hydrogen-bond acceptors (Lipinski definition) is 5. The molecule has 1 N–H and O–H groups in total. The van der Waals surface area contributed by atoms with Gasteiger partial charge in [-0.05, 0) is 42.2 Å². The first-order chi connectivity index (χ1) is 10.9. The van der Waals surface area contributed by atoms with Gasteiger partial charge in [0.05, 0.1) is 11.8 Å². The van der Waals surface area contributed by atoms with Crippen LogP contribution >= 0.6 is 11.8 Å². The van der Waals surface area contributed by atoms with Crippen molar-refractivity contribution in [3.8, 4) is 0 Å². The SMILES string of the molecule is CSc1ccc(COC(=O)c2cccc(NS(C)(=O)=O)c2)cc1. The summed E-state index contributed by atoms with van der Waals surface area (Å²) in [5.41, 5.74) is 1.51. The summed E-state index contributed by atoms with van der Waals surface area (Å²) in [6, 6.07) is 13.9. The van der Waals surface area contributed by atoms with Crippen LogP contribution in [-0.2, 0) is 21.4 Å². The van der Waals surface area contributed by atoms with E-state index in [1.807, 2.05) is 30.5 Å². The molecule has 0 bridgehead atoms. The third kappa shape index (κ3) is 5.61. The van der Waals surface area contributed by atoms with E-state index >= 15 is 0 Å². The second-order valence-electron chi connectivity index (χ2n) is 4.88. The van der Waals surface area contributed by atoms with Gasteiger partial charge >= 0.3 is 5.97 Å². The highest BCUT2D eigenvalue weighted by Gasteiger charge is 2.10. The van der Waals surface area contributed by atoms with Crippen LogP contribution in [0.3, 0.4) is 0 Å². The van der Waals surface area contributed by atoms with Gasteiger partial charge in [0.15, 0.2) is 0 Å². The summed E-state index contributed by atoms with van der Waals surface area (Å²) in [6.07, 6.45) is 3.04. The Balaban J connectivity index is 2.01. The molecule has 0 aliphatic rings. The fourth-order valence-corrected chi connectivity index (χ4v) is 2.84. The zero-order valence-corrected chi connectivity index (χ0v) is 14.4. The van der Waals surface area contributed by atoms with Gasteiger partial charge in [-0.15, -0.1) is 11.8 Å². The Bertz CT molecular complexity index is 786. The predicted molar refractivity (Wildman–Crippen MR) is 92.3 cm³/mol. The summed E-state index contributed by atoms with van der Waals surface area (Å²) < 4.78 is 30.0. The van der Waals surface area contributed by atoms with Crippen LogP contribution in [0.2, 0.25) is 0 Å². The van der Waals surface area contributed by atoms with Crippen LogP contribution < -0.4 is 4.72 Å². The number of nitrogens with one attached hydrogen (secondary N) is 1. The van der Waals surface area contributed by atoms with Gasteiger partial charge in [0, 0.05) is 10.6 Å². The van der Waals surface area contributed by atoms with Crippen molar-refractivity contribution in [3.05, 3.63) is 59.7 Å². The molecule has 0 saturated carbocycles. The lowest BCUT2D eigenvalue weighted by atomic mass is 10.2. The van der Waals surface area contributed by atoms with E-state index in [2.05, 4.69) is 4.72 Å². The molecule has 5 nitrogen and oxygen atoms in total. The molecule has 0 fully saturated rings. The molecule has 0 aliphatic heterocycles. The van der Waals surface area contributed by atoms with Gasteiger partial charge in [0.25, 0.3) is 0 Å². The lowest BCUT2D eigenvalue weighted by molar-refractivity contribution is 0.0472. The Morgan fingerprint density at radius 1 is 1.17 bits per heavy atom. The molecular weight excluding hydrogens is 334 g/mol. The summed E-state index contributed by atoms with van der Waals surface area (Å²) in [6.45, 7) is 0.164. The summed E-state index contributed by atoms with van der Waals surface area (Å²) >= 11 is 1.64. The molecule has 0 spiro atoms. The van der Waals surface area contributed by atoms with Crippen molar-refractivity contribution in [2.45, 2.75) is 11.5 Å². The summed E-state index contributed by atoms with van der Waals surface area (Å²) in [5, 5.41) is 0. The van der Waals surface area contributed by atoms with Crippen LogP contribution in [-0.4, -0.2) is 26.9 Å². The average molecular weight is 351 g/mol. The van der Waals surface area contributed by atoms with Crippen molar-refractivity contribution >= 4 is 33.4 Å². The van der Waals surface area contributed by atoms with Crippen LogP contribution in [0.25, 0.3) is 0 Å². The molecule has 0 unspecified atom stereocenters. The lowest BCUT2D eigenvalue weighted by Crippen LogP contribution is -2.11. The minimum atomic E-state index is -3.39. The molecule has 2 rings (SSSR count). The van der Waals surface area contributed by atoms with E-state index in [0.29, 0.717) is 11.3 Å². The smallest absolute Gasteiger partial charge is 0.338 e. The van der Waals surface area contributed by atoms with Crippen LogP contribution in [0.15, 0.2) is 53.4 Å². The Labute approximate surface area is 140 Å². The molecule has 0 aromatic heterocycles. The first-order valence-electron chi connectivity index (χ1n) is 6.75. The molecule has 0 radical (unpaired) electrons. The highest BCUT2D eigenvalue weighted by atomic mass is 32.2. The van der Waals surface area contributed by atoms with Crippen molar-refractivity contribution in [1.82, 2.24) is 0 Å². The average Bonchev–Trinajstić information content (AvgIpc) is 2.51. The topological polar surface area (TPSA) is 72.5 Å².